The van der Waals surface area contributed by atoms with Gasteiger partial charge in [-0.1, -0.05) is 23.9 Å². The molecule has 1 heterocycles. The molecular weight excluding hydrogens is 217 g/mol. The Hall–Kier alpha value is -0.870. The topological polar surface area (TPSA) is 12.9 Å². The average molecular weight is 225 g/mol. The number of rotatable bonds is 3. The van der Waals surface area contributed by atoms with Crippen molar-refractivity contribution in [2.75, 3.05) is 0 Å². The van der Waals surface area contributed by atoms with E-state index < -0.39 is 0 Å². The summed E-state index contributed by atoms with van der Waals surface area (Å²) in [5.74, 6) is 0.591. The molecule has 4 heteroatoms. The average Bonchev–Trinajstić information content (AvgIpc) is 2.67. The zero-order chi connectivity index (χ0) is 9.80. The fourth-order valence-electron chi connectivity index (χ4n) is 1.05. The zero-order valence-electron chi connectivity index (χ0n) is 7.31. The van der Waals surface area contributed by atoms with Crippen LogP contribution in [0, 0.1) is 5.82 Å². The first kappa shape index (κ1) is 9.68. The molecule has 0 aliphatic heterocycles. The molecule has 72 valence electrons. The van der Waals surface area contributed by atoms with Gasteiger partial charge in [-0.2, -0.15) is 0 Å². The fraction of sp³-hybridized carbons (Fsp3) is 0.100. The van der Waals surface area contributed by atoms with E-state index in [0.717, 1.165) is 15.7 Å². The van der Waals surface area contributed by atoms with Crippen LogP contribution in [0.2, 0.25) is 0 Å². The van der Waals surface area contributed by atoms with Crippen molar-refractivity contribution in [2.45, 2.75) is 10.1 Å². The van der Waals surface area contributed by atoms with Gasteiger partial charge in [0.15, 0.2) is 0 Å². The van der Waals surface area contributed by atoms with Crippen molar-refractivity contribution in [3.63, 3.8) is 0 Å². The lowest BCUT2D eigenvalue weighted by molar-refractivity contribution is 0.626. The first-order valence-electron chi connectivity index (χ1n) is 4.11. The van der Waals surface area contributed by atoms with Crippen LogP contribution in [0.25, 0.3) is 0 Å². The summed E-state index contributed by atoms with van der Waals surface area (Å²) in [6.07, 6.45) is 1.78. The van der Waals surface area contributed by atoms with Gasteiger partial charge in [0, 0.05) is 17.3 Å². The molecule has 0 fully saturated rings. The quantitative estimate of drug-likeness (QED) is 0.741. The maximum absolute atomic E-state index is 12.8. The second-order valence-electron chi connectivity index (χ2n) is 2.72. The van der Waals surface area contributed by atoms with Crippen LogP contribution in [0.15, 0.2) is 40.2 Å². The number of hydrogen-bond donors (Lipinski definition) is 0. The molecule has 0 saturated carbocycles. The minimum atomic E-state index is -0.178. The molecule has 2 rings (SSSR count). The highest BCUT2D eigenvalue weighted by Crippen LogP contribution is 2.24. The number of thioether (sulfide) groups is 1. The third kappa shape index (κ3) is 2.56. The molecule has 0 spiro atoms. The van der Waals surface area contributed by atoms with Gasteiger partial charge in [0.2, 0.25) is 0 Å². The Labute approximate surface area is 90.0 Å². The molecule has 0 radical (unpaired) electrons. The molecule has 0 unspecified atom stereocenters. The standard InChI is InChI=1S/C10H8FNS2/c11-9-3-1-2-8(6-9)7-14-10-12-4-5-13-10/h1-6H,7H2. The summed E-state index contributed by atoms with van der Waals surface area (Å²) in [5, 5.41) is 1.94. The Morgan fingerprint density at radius 1 is 1.43 bits per heavy atom. The lowest BCUT2D eigenvalue weighted by atomic mass is 10.2. The maximum atomic E-state index is 12.8. The first-order chi connectivity index (χ1) is 6.84. The van der Waals surface area contributed by atoms with Crippen LogP contribution >= 0.6 is 23.1 Å². The lowest BCUT2D eigenvalue weighted by Gasteiger charge is -1.98. The van der Waals surface area contributed by atoms with Crippen molar-refractivity contribution in [2.24, 2.45) is 0 Å². The van der Waals surface area contributed by atoms with Gasteiger partial charge in [-0.15, -0.1) is 11.3 Å². The van der Waals surface area contributed by atoms with E-state index in [1.165, 1.54) is 6.07 Å². The summed E-state index contributed by atoms with van der Waals surface area (Å²) in [4.78, 5) is 4.14. The van der Waals surface area contributed by atoms with Crippen molar-refractivity contribution in [1.82, 2.24) is 4.98 Å². The number of halogens is 1. The van der Waals surface area contributed by atoms with Gasteiger partial charge in [0.05, 0.1) is 0 Å². The zero-order valence-corrected chi connectivity index (χ0v) is 8.95. The summed E-state index contributed by atoms with van der Waals surface area (Å²) in [6.45, 7) is 0. The minimum absolute atomic E-state index is 0.178. The Morgan fingerprint density at radius 2 is 2.36 bits per heavy atom. The van der Waals surface area contributed by atoms with Crippen molar-refractivity contribution >= 4 is 23.1 Å². The highest BCUT2D eigenvalue weighted by molar-refractivity contribution is 8.00. The Kier molecular flexibility index (Phi) is 3.16. The van der Waals surface area contributed by atoms with Gasteiger partial charge in [-0.25, -0.2) is 9.37 Å². The van der Waals surface area contributed by atoms with E-state index in [2.05, 4.69) is 4.98 Å². The predicted octanol–water partition coefficient (Wildman–Crippen LogP) is 3.57. The monoisotopic (exact) mass is 225 g/mol. The molecule has 14 heavy (non-hydrogen) atoms. The van der Waals surface area contributed by atoms with E-state index in [-0.39, 0.29) is 5.82 Å². The molecule has 0 atom stereocenters. The van der Waals surface area contributed by atoms with Gasteiger partial charge >= 0.3 is 0 Å². The number of nitrogens with zero attached hydrogens (tertiary/aromatic N) is 1. The molecule has 0 N–H and O–H groups in total. The van der Waals surface area contributed by atoms with Crippen molar-refractivity contribution in [3.05, 3.63) is 47.2 Å². The Morgan fingerprint density at radius 3 is 3.07 bits per heavy atom. The molecule has 2 aromatic rings. The van der Waals surface area contributed by atoms with Gasteiger partial charge in [-0.05, 0) is 17.7 Å². The largest absolute Gasteiger partial charge is 0.238 e. The number of aromatic nitrogens is 1. The second kappa shape index (κ2) is 4.57. The molecule has 0 aliphatic carbocycles. The van der Waals surface area contributed by atoms with Crippen LogP contribution in [-0.2, 0) is 5.75 Å². The summed E-state index contributed by atoms with van der Waals surface area (Å²) in [7, 11) is 0. The molecule has 0 aliphatic rings. The number of benzene rings is 1. The van der Waals surface area contributed by atoms with E-state index in [1.54, 1.807) is 41.4 Å². The van der Waals surface area contributed by atoms with E-state index in [9.17, 15) is 4.39 Å². The second-order valence-corrected chi connectivity index (χ2v) is 4.83. The molecule has 1 aromatic carbocycles. The van der Waals surface area contributed by atoms with Crippen LogP contribution in [0.1, 0.15) is 5.56 Å². The van der Waals surface area contributed by atoms with Gasteiger partial charge in [-0.3, -0.25) is 0 Å². The highest BCUT2D eigenvalue weighted by Gasteiger charge is 1.99. The summed E-state index contributed by atoms with van der Waals surface area (Å²) < 4.78 is 13.8. The molecule has 1 aromatic heterocycles. The van der Waals surface area contributed by atoms with Crippen molar-refractivity contribution in [3.8, 4) is 0 Å². The Balaban J connectivity index is 1.98. The van der Waals surface area contributed by atoms with Crippen molar-refractivity contribution < 1.29 is 4.39 Å². The summed E-state index contributed by atoms with van der Waals surface area (Å²) >= 11 is 3.23. The fourth-order valence-corrected chi connectivity index (χ4v) is 2.63. The van der Waals surface area contributed by atoms with Crippen LogP contribution in [0.5, 0.6) is 0 Å². The summed E-state index contributed by atoms with van der Waals surface area (Å²) in [6, 6.07) is 6.66. The van der Waals surface area contributed by atoms with E-state index >= 15 is 0 Å². The third-order valence-corrected chi connectivity index (χ3v) is 3.70. The third-order valence-electron chi connectivity index (χ3n) is 1.66. The molecule has 0 amide bonds. The first-order valence-corrected chi connectivity index (χ1v) is 5.98. The number of hydrogen-bond acceptors (Lipinski definition) is 3. The maximum Gasteiger partial charge on any atom is 0.150 e. The van der Waals surface area contributed by atoms with Crippen LogP contribution in [-0.4, -0.2) is 4.98 Å². The van der Waals surface area contributed by atoms with E-state index in [0.29, 0.717) is 0 Å². The smallest absolute Gasteiger partial charge is 0.150 e. The van der Waals surface area contributed by atoms with Gasteiger partial charge in [0.1, 0.15) is 10.2 Å². The summed E-state index contributed by atoms with van der Waals surface area (Å²) in [5.41, 5.74) is 0.991. The number of thiazole rings is 1. The molecule has 0 bridgehead atoms. The molecule has 1 nitrogen and oxygen atoms in total. The van der Waals surface area contributed by atoms with Crippen LogP contribution in [0.4, 0.5) is 4.39 Å². The molecular formula is C10H8FNS2. The SMILES string of the molecule is Fc1cccc(CSc2nccs2)c1. The van der Waals surface area contributed by atoms with E-state index in [4.69, 9.17) is 0 Å². The highest BCUT2D eigenvalue weighted by atomic mass is 32.2. The molecule has 0 saturated heterocycles. The van der Waals surface area contributed by atoms with E-state index in [1.807, 2.05) is 11.4 Å². The Bertz CT molecular complexity index is 400. The predicted molar refractivity (Wildman–Crippen MR) is 58.1 cm³/mol. The van der Waals surface area contributed by atoms with Crippen LogP contribution < -0.4 is 0 Å². The van der Waals surface area contributed by atoms with Crippen LogP contribution in [0.3, 0.4) is 0 Å². The lowest BCUT2D eigenvalue weighted by Crippen LogP contribution is -1.81. The van der Waals surface area contributed by atoms with Crippen molar-refractivity contribution in [1.29, 1.82) is 0 Å². The minimum Gasteiger partial charge on any atom is -0.238 e. The van der Waals surface area contributed by atoms with Gasteiger partial charge < -0.3 is 0 Å². The van der Waals surface area contributed by atoms with Gasteiger partial charge in [0.25, 0.3) is 0 Å². The normalized spacial score (nSPS) is 10.4.